The predicted octanol–water partition coefficient (Wildman–Crippen LogP) is 2.02. The van der Waals surface area contributed by atoms with Crippen molar-refractivity contribution in [1.82, 2.24) is 15.3 Å². The number of imidazole rings is 1. The number of aryl methyl sites for hydroxylation is 1. The molecule has 2 N–H and O–H groups in total. The summed E-state index contributed by atoms with van der Waals surface area (Å²) >= 11 is 0. The predicted molar refractivity (Wildman–Crippen MR) is 66.9 cm³/mol. The molecule has 0 saturated heterocycles. The number of aromatic amines is 1. The molecule has 0 bridgehead atoms. The van der Waals surface area contributed by atoms with Gasteiger partial charge in [-0.2, -0.15) is 0 Å². The minimum Gasteiger partial charge on any atom is -0.497 e. The Morgan fingerprint density at radius 3 is 2.94 bits per heavy atom. The molecular weight excluding hydrogens is 214 g/mol. The van der Waals surface area contributed by atoms with Gasteiger partial charge in [0.25, 0.3) is 0 Å². The van der Waals surface area contributed by atoms with Crippen molar-refractivity contribution in [2.75, 3.05) is 7.11 Å². The molecule has 0 atom stereocenters. The normalized spacial score (nSPS) is 10.5. The molecule has 0 radical (unpaired) electrons. The van der Waals surface area contributed by atoms with Crippen LogP contribution in [0.3, 0.4) is 0 Å². The third-order valence-electron chi connectivity index (χ3n) is 2.51. The van der Waals surface area contributed by atoms with E-state index < -0.39 is 0 Å². The molecule has 17 heavy (non-hydrogen) atoms. The molecule has 1 heterocycles. The monoisotopic (exact) mass is 231 g/mol. The highest BCUT2D eigenvalue weighted by Crippen LogP contribution is 2.12. The molecule has 90 valence electrons. The van der Waals surface area contributed by atoms with Crippen molar-refractivity contribution < 1.29 is 4.74 Å². The fourth-order valence-electron chi connectivity index (χ4n) is 1.66. The summed E-state index contributed by atoms with van der Waals surface area (Å²) in [6.45, 7) is 3.54. The van der Waals surface area contributed by atoms with Crippen LogP contribution in [-0.4, -0.2) is 17.1 Å². The first kappa shape index (κ1) is 11.7. The van der Waals surface area contributed by atoms with Crippen molar-refractivity contribution in [2.45, 2.75) is 20.0 Å². The Bertz CT molecular complexity index is 479. The maximum Gasteiger partial charge on any atom is 0.120 e. The molecule has 4 heteroatoms. The SMILES string of the molecule is COc1cccc(CNCc2ncc(C)[nH]2)c1. The number of benzene rings is 1. The summed E-state index contributed by atoms with van der Waals surface area (Å²) in [6, 6.07) is 8.04. The van der Waals surface area contributed by atoms with Crippen LogP contribution < -0.4 is 10.1 Å². The van der Waals surface area contributed by atoms with Gasteiger partial charge >= 0.3 is 0 Å². The number of nitrogens with one attached hydrogen (secondary N) is 2. The Balaban J connectivity index is 1.85. The van der Waals surface area contributed by atoms with Gasteiger partial charge in [-0.3, -0.25) is 0 Å². The van der Waals surface area contributed by atoms with Crippen LogP contribution in [0.15, 0.2) is 30.5 Å². The zero-order valence-corrected chi connectivity index (χ0v) is 10.2. The first-order valence-corrected chi connectivity index (χ1v) is 5.62. The number of H-pyrrole nitrogens is 1. The van der Waals surface area contributed by atoms with Crippen LogP contribution in [0, 0.1) is 6.92 Å². The van der Waals surface area contributed by atoms with Crippen LogP contribution >= 0.6 is 0 Å². The maximum absolute atomic E-state index is 5.18. The van der Waals surface area contributed by atoms with E-state index in [1.807, 2.05) is 31.3 Å². The summed E-state index contributed by atoms with van der Waals surface area (Å²) in [7, 11) is 1.68. The quantitative estimate of drug-likeness (QED) is 0.827. The van der Waals surface area contributed by atoms with Crippen LogP contribution in [0.2, 0.25) is 0 Å². The summed E-state index contributed by atoms with van der Waals surface area (Å²) in [4.78, 5) is 7.42. The van der Waals surface area contributed by atoms with E-state index in [9.17, 15) is 0 Å². The molecule has 2 rings (SSSR count). The molecule has 0 amide bonds. The number of rotatable bonds is 5. The Morgan fingerprint density at radius 2 is 2.24 bits per heavy atom. The Kier molecular flexibility index (Phi) is 3.77. The standard InChI is InChI=1S/C13H17N3O/c1-10-7-15-13(16-10)9-14-8-11-4-3-5-12(6-11)17-2/h3-7,14H,8-9H2,1-2H3,(H,15,16). The van der Waals surface area contributed by atoms with Gasteiger partial charge in [-0.05, 0) is 24.6 Å². The number of ether oxygens (including phenoxy) is 1. The van der Waals surface area contributed by atoms with Gasteiger partial charge in [-0.25, -0.2) is 4.98 Å². The molecule has 0 aliphatic carbocycles. The van der Waals surface area contributed by atoms with Crippen LogP contribution in [0.4, 0.5) is 0 Å². The minimum atomic E-state index is 0.741. The lowest BCUT2D eigenvalue weighted by Gasteiger charge is -2.05. The summed E-state index contributed by atoms with van der Waals surface area (Å²) in [5.41, 5.74) is 2.29. The van der Waals surface area contributed by atoms with Gasteiger partial charge in [0, 0.05) is 18.4 Å². The lowest BCUT2D eigenvalue weighted by Crippen LogP contribution is -2.13. The molecule has 4 nitrogen and oxygen atoms in total. The number of aromatic nitrogens is 2. The molecule has 0 saturated carbocycles. The molecule has 1 aromatic carbocycles. The molecule has 0 fully saturated rings. The van der Waals surface area contributed by atoms with Crippen LogP contribution in [0.5, 0.6) is 5.75 Å². The number of nitrogens with zero attached hydrogens (tertiary/aromatic N) is 1. The third kappa shape index (κ3) is 3.32. The van der Waals surface area contributed by atoms with Crippen molar-refractivity contribution in [1.29, 1.82) is 0 Å². The second-order valence-electron chi connectivity index (χ2n) is 3.97. The van der Waals surface area contributed by atoms with E-state index >= 15 is 0 Å². The van der Waals surface area contributed by atoms with Crippen LogP contribution in [-0.2, 0) is 13.1 Å². The van der Waals surface area contributed by atoms with Gasteiger partial charge in [0.1, 0.15) is 11.6 Å². The second-order valence-corrected chi connectivity index (χ2v) is 3.97. The van der Waals surface area contributed by atoms with E-state index in [1.165, 1.54) is 5.56 Å². The average molecular weight is 231 g/mol. The Hall–Kier alpha value is -1.81. The lowest BCUT2D eigenvalue weighted by atomic mass is 10.2. The topological polar surface area (TPSA) is 49.9 Å². The summed E-state index contributed by atoms with van der Waals surface area (Å²) in [5, 5.41) is 3.33. The van der Waals surface area contributed by atoms with Gasteiger partial charge in [0.15, 0.2) is 0 Å². The highest BCUT2D eigenvalue weighted by atomic mass is 16.5. The average Bonchev–Trinajstić information content (AvgIpc) is 2.75. The van der Waals surface area contributed by atoms with Crippen LogP contribution in [0.1, 0.15) is 17.1 Å². The first-order chi connectivity index (χ1) is 8.28. The van der Waals surface area contributed by atoms with E-state index in [-0.39, 0.29) is 0 Å². The maximum atomic E-state index is 5.18. The highest BCUT2D eigenvalue weighted by molar-refractivity contribution is 5.28. The zero-order valence-electron chi connectivity index (χ0n) is 10.2. The Labute approximate surface area is 101 Å². The van der Waals surface area contributed by atoms with Gasteiger partial charge < -0.3 is 15.0 Å². The lowest BCUT2D eigenvalue weighted by molar-refractivity contribution is 0.414. The smallest absolute Gasteiger partial charge is 0.120 e. The second kappa shape index (κ2) is 5.50. The zero-order chi connectivity index (χ0) is 12.1. The number of hydrogen-bond donors (Lipinski definition) is 2. The van der Waals surface area contributed by atoms with Crippen molar-refractivity contribution in [2.24, 2.45) is 0 Å². The van der Waals surface area contributed by atoms with Crippen LogP contribution in [0.25, 0.3) is 0 Å². The molecule has 0 spiro atoms. The molecule has 0 aliphatic rings. The fraction of sp³-hybridized carbons (Fsp3) is 0.308. The van der Waals surface area contributed by atoms with E-state index in [0.717, 1.165) is 30.4 Å². The molecule has 0 unspecified atom stereocenters. The van der Waals surface area contributed by atoms with Gasteiger partial charge in [0.2, 0.25) is 0 Å². The molecule has 2 aromatic rings. The minimum absolute atomic E-state index is 0.741. The number of hydrogen-bond acceptors (Lipinski definition) is 3. The van der Waals surface area contributed by atoms with Crippen molar-refractivity contribution in [3.05, 3.63) is 47.5 Å². The molecule has 0 aliphatic heterocycles. The third-order valence-corrected chi connectivity index (χ3v) is 2.51. The highest BCUT2D eigenvalue weighted by Gasteiger charge is 1.98. The van der Waals surface area contributed by atoms with Crippen molar-refractivity contribution in [3.8, 4) is 5.75 Å². The van der Waals surface area contributed by atoms with Gasteiger partial charge in [0.05, 0.1) is 13.7 Å². The van der Waals surface area contributed by atoms with Crippen molar-refractivity contribution >= 4 is 0 Å². The largest absolute Gasteiger partial charge is 0.497 e. The van der Waals surface area contributed by atoms with Gasteiger partial charge in [-0.15, -0.1) is 0 Å². The summed E-state index contributed by atoms with van der Waals surface area (Å²) < 4.78 is 5.18. The Morgan fingerprint density at radius 1 is 1.35 bits per heavy atom. The number of methoxy groups -OCH3 is 1. The van der Waals surface area contributed by atoms with Gasteiger partial charge in [-0.1, -0.05) is 12.1 Å². The molecular formula is C13H17N3O. The fourth-order valence-corrected chi connectivity index (χ4v) is 1.66. The molecule has 1 aromatic heterocycles. The van der Waals surface area contributed by atoms with Crippen molar-refractivity contribution in [3.63, 3.8) is 0 Å². The summed E-state index contributed by atoms with van der Waals surface area (Å²) in [6.07, 6.45) is 1.84. The first-order valence-electron chi connectivity index (χ1n) is 5.62. The van der Waals surface area contributed by atoms with E-state index in [2.05, 4.69) is 21.4 Å². The van der Waals surface area contributed by atoms with E-state index in [4.69, 9.17) is 4.74 Å². The summed E-state index contributed by atoms with van der Waals surface area (Å²) in [5.74, 6) is 1.85. The van der Waals surface area contributed by atoms with E-state index in [1.54, 1.807) is 7.11 Å². The van der Waals surface area contributed by atoms with E-state index in [0.29, 0.717) is 0 Å².